The average molecular weight is 201 g/mol. The second-order valence-electron chi connectivity index (χ2n) is 3.32. The Labute approximate surface area is 83.0 Å². The van der Waals surface area contributed by atoms with Crippen molar-refractivity contribution in [3.8, 4) is 0 Å². The lowest BCUT2D eigenvalue weighted by Gasteiger charge is -2.21. The first-order valence-corrected chi connectivity index (χ1v) is 4.49. The molecule has 5 heteroatoms. The number of esters is 2. The Kier molecular flexibility index (Phi) is 3.46. The number of likely N-dealkylation sites (N-methyl/N-ethyl adjacent to an activating group) is 1. The fourth-order valence-electron chi connectivity index (χ4n) is 1.78. The van der Waals surface area contributed by atoms with Crippen molar-refractivity contribution in [2.75, 3.05) is 21.3 Å². The quantitative estimate of drug-likeness (QED) is 0.579. The van der Waals surface area contributed by atoms with Crippen molar-refractivity contribution in [1.29, 1.82) is 0 Å². The Morgan fingerprint density at radius 2 is 1.43 bits per heavy atom. The molecule has 0 amide bonds. The number of rotatable bonds is 2. The van der Waals surface area contributed by atoms with Crippen LogP contribution in [-0.2, 0) is 19.1 Å². The smallest absolute Gasteiger partial charge is 0.323 e. The van der Waals surface area contributed by atoms with Crippen LogP contribution in [0.25, 0.3) is 0 Å². The third kappa shape index (κ3) is 1.87. The maximum Gasteiger partial charge on any atom is 0.323 e. The van der Waals surface area contributed by atoms with Crippen LogP contribution in [0, 0.1) is 0 Å². The number of carbonyl (C=O) groups excluding carboxylic acids is 2. The Morgan fingerprint density at radius 1 is 1.07 bits per heavy atom. The standard InChI is InChI=1S/C9H15NO4/c1-10-6(8(11)13-2)4-5-7(10)9(12)14-3/h6-7H,4-5H2,1-3H3. The van der Waals surface area contributed by atoms with E-state index >= 15 is 0 Å². The van der Waals surface area contributed by atoms with Crippen molar-refractivity contribution in [3.05, 3.63) is 0 Å². The molecule has 0 aliphatic carbocycles. The van der Waals surface area contributed by atoms with Crippen LogP contribution in [0.15, 0.2) is 0 Å². The minimum Gasteiger partial charge on any atom is -0.468 e. The van der Waals surface area contributed by atoms with Crippen molar-refractivity contribution >= 4 is 11.9 Å². The Bertz CT molecular complexity index is 217. The van der Waals surface area contributed by atoms with E-state index in [0.29, 0.717) is 12.8 Å². The summed E-state index contributed by atoms with van der Waals surface area (Å²) in [6, 6.07) is -0.631. The van der Waals surface area contributed by atoms with E-state index in [1.54, 1.807) is 11.9 Å². The summed E-state index contributed by atoms with van der Waals surface area (Å²) < 4.78 is 9.27. The zero-order chi connectivity index (χ0) is 10.7. The Morgan fingerprint density at radius 3 is 1.71 bits per heavy atom. The van der Waals surface area contributed by atoms with Gasteiger partial charge in [-0.15, -0.1) is 0 Å². The normalized spacial score (nSPS) is 27.4. The summed E-state index contributed by atoms with van der Waals surface area (Å²) in [5, 5.41) is 0. The van der Waals surface area contributed by atoms with E-state index in [2.05, 4.69) is 9.47 Å². The van der Waals surface area contributed by atoms with Gasteiger partial charge in [0.1, 0.15) is 12.1 Å². The highest BCUT2D eigenvalue weighted by molar-refractivity contribution is 5.81. The molecular formula is C9H15NO4. The highest BCUT2D eigenvalue weighted by Crippen LogP contribution is 2.23. The minimum absolute atomic E-state index is 0.293. The van der Waals surface area contributed by atoms with E-state index in [0.717, 1.165) is 0 Å². The van der Waals surface area contributed by atoms with Crippen molar-refractivity contribution in [3.63, 3.8) is 0 Å². The molecule has 80 valence electrons. The number of methoxy groups -OCH3 is 2. The lowest BCUT2D eigenvalue weighted by molar-refractivity contribution is -0.149. The second-order valence-corrected chi connectivity index (χ2v) is 3.32. The predicted octanol–water partition coefficient (Wildman–Crippen LogP) is -0.205. The van der Waals surface area contributed by atoms with Gasteiger partial charge in [0.25, 0.3) is 0 Å². The molecule has 0 bridgehead atoms. The van der Waals surface area contributed by atoms with Gasteiger partial charge < -0.3 is 9.47 Å². The summed E-state index contributed by atoms with van der Waals surface area (Å²) >= 11 is 0. The number of hydrogen-bond acceptors (Lipinski definition) is 5. The van der Waals surface area contributed by atoms with Gasteiger partial charge in [-0.25, -0.2) is 0 Å². The van der Waals surface area contributed by atoms with Crippen LogP contribution in [-0.4, -0.2) is 50.2 Å². The minimum atomic E-state index is -0.316. The Hall–Kier alpha value is -1.10. The molecule has 0 aromatic carbocycles. The molecule has 2 unspecified atom stereocenters. The van der Waals surface area contributed by atoms with Gasteiger partial charge in [-0.3, -0.25) is 14.5 Å². The molecule has 0 spiro atoms. The number of nitrogens with zero attached hydrogens (tertiary/aromatic N) is 1. The van der Waals surface area contributed by atoms with Gasteiger partial charge in [0, 0.05) is 0 Å². The van der Waals surface area contributed by atoms with Crippen molar-refractivity contribution in [2.24, 2.45) is 0 Å². The van der Waals surface area contributed by atoms with Crippen LogP contribution in [0.2, 0.25) is 0 Å². The fraction of sp³-hybridized carbons (Fsp3) is 0.778. The second kappa shape index (κ2) is 4.41. The number of carbonyl (C=O) groups is 2. The van der Waals surface area contributed by atoms with Gasteiger partial charge in [-0.2, -0.15) is 0 Å². The molecule has 0 aromatic rings. The molecule has 2 atom stereocenters. The molecule has 1 aliphatic heterocycles. The van der Waals surface area contributed by atoms with Gasteiger partial charge in [-0.1, -0.05) is 0 Å². The summed E-state index contributed by atoms with van der Waals surface area (Å²) in [5.74, 6) is -0.585. The molecule has 1 rings (SSSR count). The number of likely N-dealkylation sites (tertiary alicyclic amines) is 1. The molecule has 14 heavy (non-hydrogen) atoms. The first kappa shape index (κ1) is 11.0. The van der Waals surface area contributed by atoms with E-state index in [-0.39, 0.29) is 24.0 Å². The van der Waals surface area contributed by atoms with Gasteiger partial charge in [0.15, 0.2) is 0 Å². The summed E-state index contributed by atoms with van der Waals surface area (Å²) in [7, 11) is 4.43. The third-order valence-corrected chi connectivity index (χ3v) is 2.64. The van der Waals surface area contributed by atoms with E-state index in [4.69, 9.17) is 0 Å². The zero-order valence-corrected chi connectivity index (χ0v) is 8.65. The lowest BCUT2D eigenvalue weighted by atomic mass is 10.2. The van der Waals surface area contributed by atoms with Crippen LogP contribution in [0.1, 0.15) is 12.8 Å². The highest BCUT2D eigenvalue weighted by Gasteiger charge is 2.39. The topological polar surface area (TPSA) is 55.8 Å². The molecule has 0 radical (unpaired) electrons. The largest absolute Gasteiger partial charge is 0.468 e. The van der Waals surface area contributed by atoms with Crippen LogP contribution >= 0.6 is 0 Å². The lowest BCUT2D eigenvalue weighted by Crippen LogP contribution is -2.42. The highest BCUT2D eigenvalue weighted by atomic mass is 16.5. The van der Waals surface area contributed by atoms with Gasteiger partial charge in [0.05, 0.1) is 14.2 Å². The molecule has 0 N–H and O–H groups in total. The van der Waals surface area contributed by atoms with Crippen LogP contribution in [0.3, 0.4) is 0 Å². The fourth-order valence-corrected chi connectivity index (χ4v) is 1.78. The van der Waals surface area contributed by atoms with E-state index in [1.807, 2.05) is 0 Å². The van der Waals surface area contributed by atoms with Gasteiger partial charge in [-0.05, 0) is 19.9 Å². The van der Waals surface area contributed by atoms with Crippen LogP contribution < -0.4 is 0 Å². The molecular weight excluding hydrogens is 186 g/mol. The van der Waals surface area contributed by atoms with E-state index in [1.165, 1.54) is 14.2 Å². The summed E-state index contributed by atoms with van der Waals surface area (Å²) in [6.07, 6.45) is 1.28. The molecule has 0 aromatic heterocycles. The van der Waals surface area contributed by atoms with Crippen LogP contribution in [0.5, 0.6) is 0 Å². The molecule has 1 saturated heterocycles. The number of ether oxygens (including phenoxy) is 2. The van der Waals surface area contributed by atoms with Gasteiger partial charge in [0.2, 0.25) is 0 Å². The third-order valence-electron chi connectivity index (χ3n) is 2.64. The molecule has 0 saturated carbocycles. The molecule has 1 fully saturated rings. The monoisotopic (exact) mass is 201 g/mol. The molecule has 5 nitrogen and oxygen atoms in total. The molecule has 1 heterocycles. The van der Waals surface area contributed by atoms with E-state index < -0.39 is 0 Å². The zero-order valence-electron chi connectivity index (χ0n) is 8.65. The summed E-state index contributed by atoms with van der Waals surface area (Å²) in [4.78, 5) is 24.2. The van der Waals surface area contributed by atoms with Crippen LogP contribution in [0.4, 0.5) is 0 Å². The maximum absolute atomic E-state index is 11.3. The van der Waals surface area contributed by atoms with E-state index in [9.17, 15) is 9.59 Å². The Balaban J connectivity index is 2.64. The van der Waals surface area contributed by atoms with Crippen molar-refractivity contribution < 1.29 is 19.1 Å². The summed E-state index contributed by atoms with van der Waals surface area (Å²) in [6.45, 7) is 0. The van der Waals surface area contributed by atoms with Gasteiger partial charge >= 0.3 is 11.9 Å². The SMILES string of the molecule is COC(=O)C1CCC(C(=O)OC)N1C. The predicted molar refractivity (Wildman–Crippen MR) is 48.6 cm³/mol. The first-order chi connectivity index (χ1) is 6.61. The maximum atomic E-state index is 11.3. The average Bonchev–Trinajstić information content (AvgIpc) is 2.58. The van der Waals surface area contributed by atoms with Crippen molar-refractivity contribution in [2.45, 2.75) is 24.9 Å². The summed E-state index contributed by atoms with van der Waals surface area (Å²) in [5.41, 5.74) is 0. The molecule has 1 aliphatic rings. The first-order valence-electron chi connectivity index (χ1n) is 4.49. The van der Waals surface area contributed by atoms with Crippen molar-refractivity contribution in [1.82, 2.24) is 4.90 Å². The number of hydrogen-bond donors (Lipinski definition) is 0.